The lowest BCUT2D eigenvalue weighted by Crippen LogP contribution is -2.38. The number of halogens is 1. The van der Waals surface area contributed by atoms with Gasteiger partial charge in [0.05, 0.1) is 0 Å². The van der Waals surface area contributed by atoms with Crippen LogP contribution in [0.3, 0.4) is 0 Å². The molecule has 1 saturated heterocycles. The fraction of sp³-hybridized carbons (Fsp3) is 0.538. The summed E-state index contributed by atoms with van der Waals surface area (Å²) < 4.78 is 13.9. The molecule has 1 fully saturated rings. The van der Waals surface area contributed by atoms with Crippen LogP contribution >= 0.6 is 0 Å². The molecule has 1 aromatic rings. The molecular weight excluding hydrogens is 189 g/mol. The standard InChI is InChI=1S/C13H18FN/c1-10-3-4-11(12(14)9-10)13(2)5-7-15-8-6-13/h3-4,9,15H,5-8H2,1-2H3. The molecule has 0 spiro atoms. The van der Waals surface area contributed by atoms with E-state index < -0.39 is 0 Å². The fourth-order valence-electron chi connectivity index (χ4n) is 2.36. The molecular formula is C13H18FN. The Kier molecular flexibility index (Phi) is 2.79. The van der Waals surface area contributed by atoms with Crippen molar-refractivity contribution in [3.8, 4) is 0 Å². The van der Waals surface area contributed by atoms with Crippen LogP contribution in [0.4, 0.5) is 4.39 Å². The molecule has 1 aromatic carbocycles. The van der Waals surface area contributed by atoms with Crippen LogP contribution in [0.5, 0.6) is 0 Å². The van der Waals surface area contributed by atoms with Gasteiger partial charge in [-0.05, 0) is 55.5 Å². The Morgan fingerprint density at radius 1 is 1.27 bits per heavy atom. The summed E-state index contributed by atoms with van der Waals surface area (Å²) in [5, 5.41) is 3.32. The second-order valence-corrected chi connectivity index (χ2v) is 4.79. The van der Waals surface area contributed by atoms with Gasteiger partial charge in [-0.1, -0.05) is 19.1 Å². The molecule has 0 aromatic heterocycles. The normalized spacial score (nSPS) is 20.2. The predicted molar refractivity (Wildman–Crippen MR) is 60.6 cm³/mol. The van der Waals surface area contributed by atoms with Gasteiger partial charge in [0.1, 0.15) is 5.82 Å². The average molecular weight is 207 g/mol. The predicted octanol–water partition coefficient (Wildman–Crippen LogP) is 2.78. The summed E-state index contributed by atoms with van der Waals surface area (Å²) in [6, 6.07) is 5.60. The molecule has 1 heterocycles. The molecule has 82 valence electrons. The number of rotatable bonds is 1. The zero-order valence-electron chi connectivity index (χ0n) is 9.44. The van der Waals surface area contributed by atoms with E-state index in [1.165, 1.54) is 0 Å². The van der Waals surface area contributed by atoms with Crippen LogP contribution in [-0.4, -0.2) is 13.1 Å². The van der Waals surface area contributed by atoms with Crippen LogP contribution < -0.4 is 5.32 Å². The molecule has 0 atom stereocenters. The molecule has 1 aliphatic heterocycles. The molecule has 0 bridgehead atoms. The molecule has 0 amide bonds. The summed E-state index contributed by atoms with van der Waals surface area (Å²) in [6.45, 7) is 6.08. The maximum Gasteiger partial charge on any atom is 0.127 e. The average Bonchev–Trinajstić information content (AvgIpc) is 2.18. The number of aryl methyl sites for hydroxylation is 1. The van der Waals surface area contributed by atoms with Crippen LogP contribution in [0.15, 0.2) is 18.2 Å². The molecule has 0 radical (unpaired) electrons. The van der Waals surface area contributed by atoms with Gasteiger partial charge in [-0.15, -0.1) is 0 Å². The molecule has 2 heteroatoms. The molecule has 2 rings (SSSR count). The van der Waals surface area contributed by atoms with Crippen molar-refractivity contribution in [2.24, 2.45) is 0 Å². The second-order valence-electron chi connectivity index (χ2n) is 4.79. The number of nitrogens with one attached hydrogen (secondary N) is 1. The summed E-state index contributed by atoms with van der Waals surface area (Å²) in [7, 11) is 0. The summed E-state index contributed by atoms with van der Waals surface area (Å²) in [5.74, 6) is -0.0422. The lowest BCUT2D eigenvalue weighted by Gasteiger charge is -2.34. The molecule has 1 N–H and O–H groups in total. The number of benzene rings is 1. The minimum absolute atomic E-state index is 0.0169. The quantitative estimate of drug-likeness (QED) is 0.746. The van der Waals surface area contributed by atoms with Gasteiger partial charge in [-0.25, -0.2) is 4.39 Å². The largest absolute Gasteiger partial charge is 0.317 e. The zero-order chi connectivity index (χ0) is 10.9. The highest BCUT2D eigenvalue weighted by molar-refractivity contribution is 5.30. The maximum atomic E-state index is 13.9. The molecule has 1 nitrogen and oxygen atoms in total. The fourth-order valence-corrected chi connectivity index (χ4v) is 2.36. The van der Waals surface area contributed by atoms with Crippen LogP contribution in [0.2, 0.25) is 0 Å². The van der Waals surface area contributed by atoms with Crippen molar-refractivity contribution < 1.29 is 4.39 Å². The van der Waals surface area contributed by atoms with E-state index in [9.17, 15) is 4.39 Å². The third-order valence-corrected chi connectivity index (χ3v) is 3.48. The Labute approximate surface area is 90.7 Å². The van der Waals surface area contributed by atoms with Gasteiger partial charge >= 0.3 is 0 Å². The monoisotopic (exact) mass is 207 g/mol. The Morgan fingerprint density at radius 2 is 1.93 bits per heavy atom. The molecule has 0 aliphatic carbocycles. The Morgan fingerprint density at radius 3 is 2.53 bits per heavy atom. The first-order valence-corrected chi connectivity index (χ1v) is 5.59. The van der Waals surface area contributed by atoms with E-state index in [0.29, 0.717) is 0 Å². The minimum Gasteiger partial charge on any atom is -0.317 e. The SMILES string of the molecule is Cc1ccc(C2(C)CCNCC2)c(F)c1. The van der Waals surface area contributed by atoms with E-state index in [0.717, 1.165) is 37.1 Å². The first-order chi connectivity index (χ1) is 7.12. The third-order valence-electron chi connectivity index (χ3n) is 3.48. The number of piperidine rings is 1. The first kappa shape index (κ1) is 10.6. The Hall–Kier alpha value is -0.890. The van der Waals surface area contributed by atoms with Crippen molar-refractivity contribution in [1.29, 1.82) is 0 Å². The van der Waals surface area contributed by atoms with E-state index in [1.807, 2.05) is 19.1 Å². The van der Waals surface area contributed by atoms with E-state index in [2.05, 4.69) is 12.2 Å². The Bertz CT molecular complexity index is 354. The van der Waals surface area contributed by atoms with E-state index in [-0.39, 0.29) is 11.2 Å². The van der Waals surface area contributed by atoms with E-state index in [4.69, 9.17) is 0 Å². The molecule has 1 aliphatic rings. The molecule has 0 unspecified atom stereocenters. The van der Waals surface area contributed by atoms with Gasteiger partial charge < -0.3 is 5.32 Å². The lowest BCUT2D eigenvalue weighted by atomic mass is 9.74. The van der Waals surface area contributed by atoms with Crippen LogP contribution in [0.25, 0.3) is 0 Å². The number of hydrogen-bond donors (Lipinski definition) is 1. The topological polar surface area (TPSA) is 12.0 Å². The van der Waals surface area contributed by atoms with Crippen molar-refractivity contribution in [2.45, 2.75) is 32.1 Å². The van der Waals surface area contributed by atoms with Crippen molar-refractivity contribution in [2.75, 3.05) is 13.1 Å². The van der Waals surface area contributed by atoms with Crippen molar-refractivity contribution in [3.63, 3.8) is 0 Å². The van der Waals surface area contributed by atoms with E-state index >= 15 is 0 Å². The summed E-state index contributed by atoms with van der Waals surface area (Å²) in [5.41, 5.74) is 1.90. The zero-order valence-corrected chi connectivity index (χ0v) is 9.44. The Balaban J connectivity index is 2.35. The smallest absolute Gasteiger partial charge is 0.127 e. The van der Waals surface area contributed by atoms with Gasteiger partial charge in [0.2, 0.25) is 0 Å². The van der Waals surface area contributed by atoms with Gasteiger partial charge in [-0.3, -0.25) is 0 Å². The van der Waals surface area contributed by atoms with Crippen molar-refractivity contribution >= 4 is 0 Å². The second kappa shape index (κ2) is 3.93. The maximum absolute atomic E-state index is 13.9. The van der Waals surface area contributed by atoms with Gasteiger partial charge in [0.15, 0.2) is 0 Å². The third kappa shape index (κ3) is 2.05. The summed E-state index contributed by atoms with van der Waals surface area (Å²) in [4.78, 5) is 0. The highest BCUT2D eigenvalue weighted by Gasteiger charge is 2.30. The van der Waals surface area contributed by atoms with Gasteiger partial charge in [0.25, 0.3) is 0 Å². The molecule has 15 heavy (non-hydrogen) atoms. The van der Waals surface area contributed by atoms with Crippen molar-refractivity contribution in [3.05, 3.63) is 35.1 Å². The first-order valence-electron chi connectivity index (χ1n) is 5.59. The number of hydrogen-bond acceptors (Lipinski definition) is 1. The highest BCUT2D eigenvalue weighted by Crippen LogP contribution is 2.34. The van der Waals surface area contributed by atoms with Crippen LogP contribution in [0, 0.1) is 12.7 Å². The van der Waals surface area contributed by atoms with Gasteiger partial charge in [0, 0.05) is 0 Å². The molecule has 0 saturated carbocycles. The highest BCUT2D eigenvalue weighted by atomic mass is 19.1. The van der Waals surface area contributed by atoms with Crippen LogP contribution in [0.1, 0.15) is 30.9 Å². The lowest BCUT2D eigenvalue weighted by molar-refractivity contribution is 0.324. The van der Waals surface area contributed by atoms with Crippen molar-refractivity contribution in [1.82, 2.24) is 5.32 Å². The van der Waals surface area contributed by atoms with Crippen LogP contribution in [-0.2, 0) is 5.41 Å². The van der Waals surface area contributed by atoms with E-state index in [1.54, 1.807) is 6.07 Å². The summed E-state index contributed by atoms with van der Waals surface area (Å²) >= 11 is 0. The van der Waals surface area contributed by atoms with Gasteiger partial charge in [-0.2, -0.15) is 0 Å². The minimum atomic E-state index is -0.0422. The summed E-state index contributed by atoms with van der Waals surface area (Å²) in [6.07, 6.45) is 2.04.